The highest BCUT2D eigenvalue weighted by atomic mass is 16.2. The maximum Gasteiger partial charge on any atom is 0.257 e. The van der Waals surface area contributed by atoms with Crippen LogP contribution >= 0.6 is 0 Å². The highest BCUT2D eigenvalue weighted by Gasteiger charge is 2.13. The lowest BCUT2D eigenvalue weighted by molar-refractivity contribution is 0.0954. The normalized spacial score (nSPS) is 10.6. The zero-order valence-electron chi connectivity index (χ0n) is 15.1. The number of rotatable bonds is 4. The zero-order chi connectivity index (χ0) is 18.7. The van der Waals surface area contributed by atoms with Crippen LogP contribution in [-0.2, 0) is 0 Å². The molecule has 0 saturated heterocycles. The number of aryl methyl sites for hydroxylation is 2. The monoisotopic (exact) mass is 347 g/mol. The van der Waals surface area contributed by atoms with Crippen LogP contribution in [-0.4, -0.2) is 23.3 Å². The van der Waals surface area contributed by atoms with Crippen LogP contribution in [0.3, 0.4) is 0 Å². The first-order valence-corrected chi connectivity index (χ1v) is 8.55. The Morgan fingerprint density at radius 3 is 2.58 bits per heavy atom. The number of nitrogens with one attached hydrogen (secondary N) is 2. The second-order valence-corrected chi connectivity index (χ2v) is 6.21. The zero-order valence-corrected chi connectivity index (χ0v) is 15.1. The predicted molar refractivity (Wildman–Crippen MR) is 104 cm³/mol. The van der Waals surface area contributed by atoms with Gasteiger partial charge in [-0.2, -0.15) is 0 Å². The fourth-order valence-corrected chi connectivity index (χ4v) is 2.82. The van der Waals surface area contributed by atoms with Crippen molar-refractivity contribution in [2.24, 2.45) is 0 Å². The van der Waals surface area contributed by atoms with Gasteiger partial charge in [-0.25, -0.2) is 0 Å². The fourth-order valence-electron chi connectivity index (χ4n) is 2.82. The van der Waals surface area contributed by atoms with Crippen molar-refractivity contribution in [3.8, 4) is 0 Å². The van der Waals surface area contributed by atoms with Gasteiger partial charge in [0.05, 0.1) is 16.8 Å². The van der Waals surface area contributed by atoms with Crippen molar-refractivity contribution < 1.29 is 9.59 Å². The number of carbonyl (C=O) groups is 2. The van der Waals surface area contributed by atoms with E-state index in [1.165, 1.54) is 0 Å². The summed E-state index contributed by atoms with van der Waals surface area (Å²) in [4.78, 5) is 29.2. The Morgan fingerprint density at radius 2 is 1.81 bits per heavy atom. The Morgan fingerprint density at radius 1 is 1.00 bits per heavy atom. The molecular weight excluding hydrogens is 326 g/mol. The summed E-state index contributed by atoms with van der Waals surface area (Å²) < 4.78 is 0. The summed E-state index contributed by atoms with van der Waals surface area (Å²) in [6.45, 7) is 6.24. The number of amides is 2. The molecule has 0 radical (unpaired) electrons. The second kappa shape index (κ2) is 7.35. The number of carbonyl (C=O) groups excluding carboxylic acids is 2. The Bertz CT molecular complexity index is 996. The largest absolute Gasteiger partial charge is 0.352 e. The minimum absolute atomic E-state index is 0.164. The molecule has 132 valence electrons. The van der Waals surface area contributed by atoms with Gasteiger partial charge in [0.2, 0.25) is 0 Å². The van der Waals surface area contributed by atoms with Gasteiger partial charge in [-0.1, -0.05) is 17.7 Å². The Balaban J connectivity index is 1.88. The molecule has 3 rings (SSSR count). The van der Waals surface area contributed by atoms with Gasteiger partial charge in [0.25, 0.3) is 11.8 Å². The quantitative estimate of drug-likeness (QED) is 0.753. The van der Waals surface area contributed by atoms with Crippen molar-refractivity contribution in [2.75, 3.05) is 11.9 Å². The molecule has 2 aromatic carbocycles. The maximum atomic E-state index is 12.7. The van der Waals surface area contributed by atoms with E-state index in [0.29, 0.717) is 29.1 Å². The van der Waals surface area contributed by atoms with Gasteiger partial charge in [-0.3, -0.25) is 14.6 Å². The van der Waals surface area contributed by atoms with E-state index in [-0.39, 0.29) is 11.8 Å². The molecule has 0 fully saturated rings. The van der Waals surface area contributed by atoms with Crippen molar-refractivity contribution in [2.45, 2.75) is 20.8 Å². The molecule has 0 aliphatic heterocycles. The first kappa shape index (κ1) is 17.6. The van der Waals surface area contributed by atoms with E-state index in [2.05, 4.69) is 15.6 Å². The number of hydrogen-bond acceptors (Lipinski definition) is 3. The predicted octanol–water partition coefficient (Wildman–Crippen LogP) is 3.85. The lowest BCUT2D eigenvalue weighted by Crippen LogP contribution is -2.22. The summed E-state index contributed by atoms with van der Waals surface area (Å²) >= 11 is 0. The van der Waals surface area contributed by atoms with E-state index >= 15 is 0 Å². The molecule has 2 N–H and O–H groups in total. The third kappa shape index (κ3) is 3.72. The van der Waals surface area contributed by atoms with Gasteiger partial charge < -0.3 is 10.6 Å². The van der Waals surface area contributed by atoms with Crippen molar-refractivity contribution >= 4 is 28.4 Å². The first-order valence-electron chi connectivity index (χ1n) is 8.55. The molecule has 0 saturated carbocycles. The summed E-state index contributed by atoms with van der Waals surface area (Å²) in [7, 11) is 0. The highest BCUT2D eigenvalue weighted by molar-refractivity contribution is 6.07. The smallest absolute Gasteiger partial charge is 0.257 e. The highest BCUT2D eigenvalue weighted by Crippen LogP contribution is 2.20. The number of anilines is 1. The van der Waals surface area contributed by atoms with E-state index in [1.54, 1.807) is 24.3 Å². The number of nitrogens with zero attached hydrogens (tertiary/aromatic N) is 1. The molecule has 0 bridgehead atoms. The molecule has 0 aliphatic rings. The summed E-state index contributed by atoms with van der Waals surface area (Å²) in [5.74, 6) is -0.408. The van der Waals surface area contributed by atoms with Crippen molar-refractivity contribution in [3.63, 3.8) is 0 Å². The topological polar surface area (TPSA) is 71.1 Å². The van der Waals surface area contributed by atoms with Crippen LogP contribution < -0.4 is 10.6 Å². The molecule has 0 atom stereocenters. The third-order valence-electron chi connectivity index (χ3n) is 4.13. The van der Waals surface area contributed by atoms with Crippen molar-refractivity contribution in [1.82, 2.24) is 10.3 Å². The Hall–Kier alpha value is -3.21. The maximum absolute atomic E-state index is 12.7. The summed E-state index contributed by atoms with van der Waals surface area (Å²) in [5.41, 5.74) is 4.24. The van der Waals surface area contributed by atoms with Gasteiger partial charge in [0.15, 0.2) is 0 Å². The molecule has 0 spiro atoms. The number of fused-ring (bicyclic) bond motifs is 1. The van der Waals surface area contributed by atoms with Crippen LogP contribution in [0.25, 0.3) is 10.9 Å². The van der Waals surface area contributed by atoms with Gasteiger partial charge >= 0.3 is 0 Å². The molecule has 26 heavy (non-hydrogen) atoms. The van der Waals surface area contributed by atoms with Crippen LogP contribution in [0.2, 0.25) is 0 Å². The van der Waals surface area contributed by atoms with E-state index in [9.17, 15) is 9.59 Å². The van der Waals surface area contributed by atoms with Crippen molar-refractivity contribution in [3.05, 3.63) is 70.9 Å². The van der Waals surface area contributed by atoms with E-state index in [4.69, 9.17) is 0 Å². The van der Waals surface area contributed by atoms with Crippen LogP contribution in [0.4, 0.5) is 5.69 Å². The molecular formula is C21H21N3O2. The second-order valence-electron chi connectivity index (χ2n) is 6.21. The molecule has 0 unspecified atom stereocenters. The average Bonchev–Trinajstić information content (AvgIpc) is 2.62. The molecule has 2 amide bonds. The van der Waals surface area contributed by atoms with Gasteiger partial charge in [0.1, 0.15) is 0 Å². The number of hydrogen-bond donors (Lipinski definition) is 2. The molecule has 5 nitrogen and oxygen atoms in total. The third-order valence-corrected chi connectivity index (χ3v) is 4.13. The van der Waals surface area contributed by atoms with Crippen LogP contribution in [0, 0.1) is 13.8 Å². The Labute approximate surface area is 152 Å². The van der Waals surface area contributed by atoms with E-state index < -0.39 is 0 Å². The molecule has 1 heterocycles. The summed E-state index contributed by atoms with van der Waals surface area (Å²) in [6, 6.07) is 14.7. The molecule has 0 aliphatic carbocycles. The lowest BCUT2D eigenvalue weighted by Gasteiger charge is -2.10. The molecule has 5 heteroatoms. The van der Waals surface area contributed by atoms with Crippen molar-refractivity contribution in [1.29, 1.82) is 0 Å². The van der Waals surface area contributed by atoms with Crippen LogP contribution in [0.15, 0.2) is 48.5 Å². The van der Waals surface area contributed by atoms with Crippen LogP contribution in [0.5, 0.6) is 0 Å². The molecule has 1 aromatic heterocycles. The summed E-state index contributed by atoms with van der Waals surface area (Å²) in [6.07, 6.45) is 0. The minimum Gasteiger partial charge on any atom is -0.352 e. The standard InChI is InChI=1S/C21H21N3O2/c1-4-22-20(25)15-6-5-7-17(11-15)24-21(26)18-12-16-10-13(2)8-9-19(16)23-14(18)3/h5-12H,4H2,1-3H3,(H,22,25)(H,24,26). The first-order chi connectivity index (χ1) is 12.5. The molecule has 3 aromatic rings. The summed E-state index contributed by atoms with van der Waals surface area (Å²) in [5, 5.41) is 6.53. The van der Waals surface area contributed by atoms with Gasteiger partial charge in [0, 0.05) is 23.2 Å². The number of pyridine rings is 1. The van der Waals surface area contributed by atoms with Crippen LogP contribution in [0.1, 0.15) is 38.9 Å². The SMILES string of the molecule is CCNC(=O)c1cccc(NC(=O)c2cc3cc(C)ccc3nc2C)c1. The number of aromatic nitrogens is 1. The van der Waals surface area contributed by atoms with Gasteiger partial charge in [-0.15, -0.1) is 0 Å². The lowest BCUT2D eigenvalue weighted by atomic mass is 10.1. The Kier molecular flexibility index (Phi) is 4.98. The van der Waals surface area contributed by atoms with Gasteiger partial charge in [-0.05, 0) is 57.2 Å². The fraction of sp³-hybridized carbons (Fsp3) is 0.190. The van der Waals surface area contributed by atoms with E-state index in [0.717, 1.165) is 16.5 Å². The number of benzene rings is 2. The van der Waals surface area contributed by atoms with E-state index in [1.807, 2.05) is 45.0 Å². The average molecular weight is 347 g/mol. The minimum atomic E-state index is -0.244.